The first-order chi connectivity index (χ1) is 7.00. The number of carbonyl (C=O) groups is 2. The molecule has 1 rings (SSSR count). The summed E-state index contributed by atoms with van der Waals surface area (Å²) in [5, 5.41) is 17.4. The summed E-state index contributed by atoms with van der Waals surface area (Å²) < 4.78 is 0.800. The van der Waals surface area contributed by atoms with Gasteiger partial charge in [-0.15, -0.1) is 0 Å². The van der Waals surface area contributed by atoms with Crippen molar-refractivity contribution < 1.29 is 81.8 Å². The second-order valence-electron chi connectivity index (χ2n) is 3.06. The molecule has 0 heterocycles. The number of carboxylic acid groups (broad SMARTS) is 2. The second-order valence-corrected chi connectivity index (χ2v) is 3.98. The van der Waals surface area contributed by atoms with Gasteiger partial charge in [-0.3, -0.25) is 9.59 Å². The molecule has 17 heavy (non-hydrogen) atoms. The standard InChI is InChI=1S/C10H9BrO4.2Na.2H/c11-7-3-1-2-6(4-7)5-8(9(12)13)10(14)15;;;;/h1-4,8H,5H2,(H,12,13)(H,14,15);;;;/q;2*+1;2*-1. The number of rotatable bonds is 4. The van der Waals surface area contributed by atoms with E-state index in [-0.39, 0.29) is 68.4 Å². The maximum Gasteiger partial charge on any atom is 1.00 e. The maximum atomic E-state index is 10.6. The summed E-state index contributed by atoms with van der Waals surface area (Å²) in [4.78, 5) is 21.3. The zero-order chi connectivity index (χ0) is 11.4. The Bertz CT molecular complexity index is 393. The van der Waals surface area contributed by atoms with E-state index in [1.807, 2.05) is 0 Å². The Hall–Kier alpha value is 0.640. The summed E-state index contributed by atoms with van der Waals surface area (Å²) in [5.41, 5.74) is 0.680. The van der Waals surface area contributed by atoms with E-state index in [0.29, 0.717) is 5.56 Å². The topological polar surface area (TPSA) is 74.6 Å². The molecule has 0 aliphatic rings. The molecule has 0 aliphatic carbocycles. The smallest absolute Gasteiger partial charge is 1.00 e. The largest absolute Gasteiger partial charge is 1.00 e. The fourth-order valence-corrected chi connectivity index (χ4v) is 1.63. The Labute approximate surface area is 154 Å². The molecule has 0 spiro atoms. The molecule has 0 amide bonds. The van der Waals surface area contributed by atoms with Gasteiger partial charge in [-0.25, -0.2) is 0 Å². The average Bonchev–Trinajstić information content (AvgIpc) is 2.13. The van der Waals surface area contributed by atoms with Gasteiger partial charge in [-0.05, 0) is 24.1 Å². The third-order valence-electron chi connectivity index (χ3n) is 1.93. The SMILES string of the molecule is O=C(O)C(Cc1cccc(Br)c1)C(=O)O.[H-].[H-].[Na+].[Na+]. The predicted octanol–water partition coefficient (Wildman–Crippen LogP) is -3.99. The molecular formula is C10H11BrNa2O4. The van der Waals surface area contributed by atoms with Crippen LogP contribution < -0.4 is 59.1 Å². The molecule has 0 unspecified atom stereocenters. The molecule has 0 aromatic heterocycles. The summed E-state index contributed by atoms with van der Waals surface area (Å²) in [6.45, 7) is 0. The molecule has 1 aromatic carbocycles. The number of halogens is 1. The fourth-order valence-electron chi connectivity index (χ4n) is 1.18. The van der Waals surface area contributed by atoms with E-state index in [2.05, 4.69) is 15.9 Å². The molecule has 7 heteroatoms. The number of hydrogen-bond acceptors (Lipinski definition) is 2. The van der Waals surface area contributed by atoms with E-state index in [4.69, 9.17) is 10.2 Å². The van der Waals surface area contributed by atoms with E-state index >= 15 is 0 Å². The van der Waals surface area contributed by atoms with Crippen molar-refractivity contribution in [1.82, 2.24) is 0 Å². The Morgan fingerprint density at radius 1 is 1.24 bits per heavy atom. The van der Waals surface area contributed by atoms with Crippen molar-refractivity contribution >= 4 is 27.9 Å². The molecule has 84 valence electrons. The van der Waals surface area contributed by atoms with Crippen LogP contribution in [0.5, 0.6) is 0 Å². The van der Waals surface area contributed by atoms with Gasteiger partial charge in [0.2, 0.25) is 0 Å². The number of carboxylic acids is 2. The number of aliphatic carboxylic acids is 2. The molecule has 2 N–H and O–H groups in total. The van der Waals surface area contributed by atoms with Crippen LogP contribution in [0.3, 0.4) is 0 Å². The van der Waals surface area contributed by atoms with Crippen LogP contribution in [0.4, 0.5) is 0 Å². The number of hydrogen-bond donors (Lipinski definition) is 2. The molecule has 0 aliphatic heterocycles. The summed E-state index contributed by atoms with van der Waals surface area (Å²) >= 11 is 3.23. The quantitative estimate of drug-likeness (QED) is 0.438. The first-order valence-corrected chi connectivity index (χ1v) is 5.00. The van der Waals surface area contributed by atoms with Crippen LogP contribution in [0.15, 0.2) is 28.7 Å². The first-order valence-electron chi connectivity index (χ1n) is 4.20. The monoisotopic (exact) mass is 320 g/mol. The Balaban J connectivity index is -0.000000281. The summed E-state index contributed by atoms with van der Waals surface area (Å²) in [6, 6.07) is 6.93. The molecule has 1 aromatic rings. The van der Waals surface area contributed by atoms with Crippen LogP contribution >= 0.6 is 15.9 Å². The zero-order valence-corrected chi connectivity index (χ0v) is 15.3. The molecule has 0 saturated carbocycles. The van der Waals surface area contributed by atoms with Gasteiger partial charge >= 0.3 is 71.1 Å². The van der Waals surface area contributed by atoms with Gasteiger partial charge in [0.05, 0.1) is 0 Å². The van der Waals surface area contributed by atoms with E-state index in [9.17, 15) is 9.59 Å². The second kappa shape index (κ2) is 9.55. The van der Waals surface area contributed by atoms with Crippen molar-refractivity contribution in [2.24, 2.45) is 5.92 Å². The third kappa shape index (κ3) is 6.96. The minimum atomic E-state index is -1.39. The van der Waals surface area contributed by atoms with Crippen LogP contribution in [0.1, 0.15) is 8.42 Å². The molecule has 4 nitrogen and oxygen atoms in total. The summed E-state index contributed by atoms with van der Waals surface area (Å²) in [7, 11) is 0. The number of benzene rings is 1. The van der Waals surface area contributed by atoms with Crippen LogP contribution in [-0.2, 0) is 16.0 Å². The van der Waals surface area contributed by atoms with Crippen molar-refractivity contribution in [2.75, 3.05) is 0 Å². The first kappa shape index (κ1) is 20.0. The van der Waals surface area contributed by atoms with E-state index in [0.717, 1.165) is 4.47 Å². The molecule has 0 radical (unpaired) electrons. The van der Waals surface area contributed by atoms with Crippen molar-refractivity contribution in [1.29, 1.82) is 0 Å². The van der Waals surface area contributed by atoms with E-state index in [1.165, 1.54) is 0 Å². The van der Waals surface area contributed by atoms with Crippen molar-refractivity contribution in [2.45, 2.75) is 6.42 Å². The van der Waals surface area contributed by atoms with Gasteiger partial charge in [0, 0.05) is 4.47 Å². The molecule has 0 fully saturated rings. The minimum Gasteiger partial charge on any atom is -1.00 e. The Morgan fingerprint density at radius 3 is 2.18 bits per heavy atom. The normalized spacial score (nSPS) is 9.06. The van der Waals surface area contributed by atoms with Gasteiger partial charge in [0.15, 0.2) is 5.92 Å². The Morgan fingerprint density at radius 2 is 1.76 bits per heavy atom. The van der Waals surface area contributed by atoms with E-state index in [1.54, 1.807) is 24.3 Å². The summed E-state index contributed by atoms with van der Waals surface area (Å²) in [5.74, 6) is -4.02. The molecule has 0 bridgehead atoms. The fraction of sp³-hybridized carbons (Fsp3) is 0.200. The van der Waals surface area contributed by atoms with Crippen LogP contribution in [0.25, 0.3) is 0 Å². The van der Waals surface area contributed by atoms with Crippen molar-refractivity contribution in [3.8, 4) is 0 Å². The van der Waals surface area contributed by atoms with Crippen LogP contribution in [0.2, 0.25) is 0 Å². The van der Waals surface area contributed by atoms with Gasteiger partial charge < -0.3 is 13.1 Å². The van der Waals surface area contributed by atoms with Gasteiger partial charge in [0.25, 0.3) is 0 Å². The van der Waals surface area contributed by atoms with Crippen LogP contribution in [-0.4, -0.2) is 22.2 Å². The minimum absolute atomic E-state index is 0. The van der Waals surface area contributed by atoms with Crippen molar-refractivity contribution in [3.63, 3.8) is 0 Å². The Kier molecular flexibility index (Phi) is 11.2. The molecule has 0 saturated heterocycles. The van der Waals surface area contributed by atoms with E-state index < -0.39 is 17.9 Å². The predicted molar refractivity (Wildman–Crippen MR) is 58.8 cm³/mol. The summed E-state index contributed by atoms with van der Waals surface area (Å²) in [6.07, 6.45) is -0.00981. The zero-order valence-electron chi connectivity index (χ0n) is 11.7. The maximum absolute atomic E-state index is 10.6. The van der Waals surface area contributed by atoms with Gasteiger partial charge in [-0.2, -0.15) is 0 Å². The molecular weight excluding hydrogens is 310 g/mol. The van der Waals surface area contributed by atoms with Gasteiger partial charge in [0.1, 0.15) is 0 Å². The average molecular weight is 321 g/mol. The van der Waals surface area contributed by atoms with Gasteiger partial charge in [-0.1, -0.05) is 28.1 Å². The van der Waals surface area contributed by atoms with Crippen molar-refractivity contribution in [3.05, 3.63) is 34.3 Å². The molecule has 0 atom stereocenters. The van der Waals surface area contributed by atoms with Crippen LogP contribution in [0, 0.1) is 5.92 Å². The third-order valence-corrected chi connectivity index (χ3v) is 2.42.